The number of amides is 5. The van der Waals surface area contributed by atoms with Crippen LogP contribution < -0.4 is 26.6 Å². The predicted octanol–water partition coefficient (Wildman–Crippen LogP) is 0.453. The number of carbonyl (C=O) groups excluding carboxylic acids is 6. The van der Waals surface area contributed by atoms with Crippen LogP contribution in [0.2, 0.25) is 0 Å². The third kappa shape index (κ3) is 14.7. The molecule has 1 saturated heterocycles. The zero-order valence-corrected chi connectivity index (χ0v) is 24.6. The quantitative estimate of drug-likeness (QED) is 0.183. The van der Waals surface area contributed by atoms with Crippen molar-refractivity contribution in [3.05, 3.63) is 64.1 Å². The molecular weight excluding hydrogens is 576 g/mol. The summed E-state index contributed by atoms with van der Waals surface area (Å²) >= 11 is 0. The number of aldehydes is 1. The van der Waals surface area contributed by atoms with E-state index in [1.165, 1.54) is 31.2 Å². The number of non-ortho nitro benzene ring substituents is 1. The number of benzene rings is 1. The minimum atomic E-state index is -1.05. The first-order valence-electron chi connectivity index (χ1n) is 14.0. The smallest absolute Gasteiger partial charge is 0.269 e. The molecule has 44 heavy (non-hydrogen) atoms. The van der Waals surface area contributed by atoms with E-state index < -0.39 is 59.6 Å². The van der Waals surface area contributed by atoms with Gasteiger partial charge in [-0.15, -0.1) is 0 Å². The van der Waals surface area contributed by atoms with Gasteiger partial charge in [-0.05, 0) is 25.0 Å². The number of hydrogen-bond donors (Lipinski definition) is 5. The Morgan fingerprint density at radius 3 is 2.09 bits per heavy atom. The molecule has 15 heteroatoms. The Morgan fingerprint density at radius 2 is 1.52 bits per heavy atom. The van der Waals surface area contributed by atoms with Gasteiger partial charge in [-0.25, -0.2) is 0 Å². The third-order valence-corrected chi connectivity index (χ3v) is 6.23. The summed E-state index contributed by atoms with van der Waals surface area (Å²) in [6.45, 7) is 3.19. The van der Waals surface area contributed by atoms with E-state index in [0.717, 1.165) is 11.5 Å². The van der Waals surface area contributed by atoms with Crippen molar-refractivity contribution in [2.24, 2.45) is 5.92 Å². The fourth-order valence-corrected chi connectivity index (χ4v) is 3.40. The van der Waals surface area contributed by atoms with E-state index in [2.05, 4.69) is 33.5 Å². The van der Waals surface area contributed by atoms with Crippen LogP contribution in [-0.2, 0) is 35.2 Å². The molecule has 5 N–H and O–H groups in total. The molecule has 15 nitrogen and oxygen atoms in total. The van der Waals surface area contributed by atoms with Crippen molar-refractivity contribution >= 4 is 41.5 Å². The van der Waals surface area contributed by atoms with E-state index in [0.29, 0.717) is 12.0 Å². The molecule has 1 aliphatic heterocycles. The van der Waals surface area contributed by atoms with Crippen LogP contribution in [0.15, 0.2) is 47.1 Å². The van der Waals surface area contributed by atoms with Crippen LogP contribution in [0.1, 0.15) is 43.9 Å². The molecule has 238 valence electrons. The van der Waals surface area contributed by atoms with Crippen molar-refractivity contribution in [3.8, 4) is 0 Å². The number of rotatable bonds is 4. The number of nitrogens with one attached hydrogen (secondary N) is 5. The van der Waals surface area contributed by atoms with Gasteiger partial charge in [-0.1, -0.05) is 37.5 Å². The molecule has 1 aromatic heterocycles. The average Bonchev–Trinajstić information content (AvgIpc) is 3.61. The fourth-order valence-electron chi connectivity index (χ4n) is 3.40. The van der Waals surface area contributed by atoms with E-state index in [-0.39, 0.29) is 31.5 Å². The summed E-state index contributed by atoms with van der Waals surface area (Å²) in [4.78, 5) is 81.0. The highest BCUT2D eigenvalue weighted by molar-refractivity contribution is 5.93. The summed E-state index contributed by atoms with van der Waals surface area (Å²) in [5, 5.41) is 22.1. The first-order chi connectivity index (χ1) is 21.0. The number of hydrogen-bond acceptors (Lipinski definition) is 9. The van der Waals surface area contributed by atoms with Crippen LogP contribution in [0.5, 0.6) is 0 Å². The Morgan fingerprint density at radius 1 is 0.886 bits per heavy atom. The van der Waals surface area contributed by atoms with Gasteiger partial charge in [-0.3, -0.25) is 34.1 Å². The zero-order valence-electron chi connectivity index (χ0n) is 24.6. The average molecular weight is 615 g/mol. The van der Waals surface area contributed by atoms with Crippen molar-refractivity contribution in [2.75, 3.05) is 19.6 Å². The molecule has 2 atom stereocenters. The number of nitro benzene ring substituents is 1. The van der Waals surface area contributed by atoms with Gasteiger partial charge in [0.05, 0.1) is 24.3 Å². The highest BCUT2D eigenvalue weighted by atomic mass is 16.6. The third-order valence-electron chi connectivity index (χ3n) is 6.23. The lowest BCUT2D eigenvalue weighted by Crippen LogP contribution is -2.52. The molecule has 1 aromatic carbocycles. The van der Waals surface area contributed by atoms with Crippen molar-refractivity contribution in [2.45, 2.75) is 58.0 Å². The van der Waals surface area contributed by atoms with Gasteiger partial charge in [0.15, 0.2) is 0 Å². The molecule has 2 fully saturated rings. The lowest BCUT2D eigenvalue weighted by Gasteiger charge is -2.18. The molecule has 2 aromatic rings. The van der Waals surface area contributed by atoms with Gasteiger partial charge in [0.25, 0.3) is 5.69 Å². The van der Waals surface area contributed by atoms with E-state index in [4.69, 9.17) is 4.42 Å². The summed E-state index contributed by atoms with van der Waals surface area (Å²) in [5.74, 6) is -1.44. The lowest BCUT2D eigenvalue weighted by molar-refractivity contribution is -0.384. The molecule has 2 aliphatic rings. The van der Waals surface area contributed by atoms with Gasteiger partial charge in [0.2, 0.25) is 29.5 Å². The monoisotopic (exact) mass is 614 g/mol. The lowest BCUT2D eigenvalue weighted by atomic mass is 10.1. The largest absolute Gasteiger partial charge is 0.469 e. The van der Waals surface area contributed by atoms with Gasteiger partial charge < -0.3 is 35.8 Å². The van der Waals surface area contributed by atoms with Gasteiger partial charge >= 0.3 is 0 Å². The molecule has 1 saturated carbocycles. The van der Waals surface area contributed by atoms with Crippen LogP contribution in [0.25, 0.3) is 0 Å². The number of nitro groups is 1. The van der Waals surface area contributed by atoms with Gasteiger partial charge in [0.1, 0.15) is 24.1 Å². The second kappa shape index (κ2) is 18.5. The summed E-state index contributed by atoms with van der Waals surface area (Å²) in [6, 6.07) is 7.65. The number of carbonyl (C=O) groups is 6. The van der Waals surface area contributed by atoms with E-state index in [9.17, 15) is 38.9 Å². The highest BCUT2D eigenvalue weighted by Crippen LogP contribution is 2.26. The van der Waals surface area contributed by atoms with E-state index >= 15 is 0 Å². The Bertz CT molecular complexity index is 1280. The molecule has 2 heterocycles. The molecule has 5 amide bonds. The molecule has 0 radical (unpaired) electrons. The second-order valence-corrected chi connectivity index (χ2v) is 10.3. The minimum Gasteiger partial charge on any atom is -0.469 e. The van der Waals surface area contributed by atoms with Gasteiger partial charge in [0, 0.05) is 37.9 Å². The van der Waals surface area contributed by atoms with Crippen LogP contribution in [0.3, 0.4) is 0 Å². The first-order valence-corrected chi connectivity index (χ1v) is 14.0. The molecule has 1 aliphatic carbocycles. The molecule has 0 spiro atoms. The van der Waals surface area contributed by atoms with Crippen molar-refractivity contribution in [1.82, 2.24) is 26.6 Å². The summed E-state index contributed by atoms with van der Waals surface area (Å²) in [5.41, 5.74) is 1.18. The number of furan rings is 1. The zero-order chi connectivity index (χ0) is 32.5. The SMILES string of the molecule is CC1CC1.Cc1ccc([N+](=O)[O-])cc1.O=C[C@@H]1CNC(=O)CNC(=O)[C@H](Cc2ccco2)NC(=O)CNC(=O)CCC(=O)N1. The summed E-state index contributed by atoms with van der Waals surface area (Å²) in [7, 11) is 0. The Kier molecular flexibility index (Phi) is 14.7. The Balaban J connectivity index is 0.000000391. The van der Waals surface area contributed by atoms with Crippen molar-refractivity contribution < 1.29 is 38.1 Å². The van der Waals surface area contributed by atoms with E-state index in [1.807, 2.05) is 6.92 Å². The van der Waals surface area contributed by atoms with Crippen LogP contribution in [0.4, 0.5) is 5.69 Å². The van der Waals surface area contributed by atoms with Crippen molar-refractivity contribution in [3.63, 3.8) is 0 Å². The van der Waals surface area contributed by atoms with E-state index in [1.54, 1.807) is 24.3 Å². The van der Waals surface area contributed by atoms with Crippen LogP contribution >= 0.6 is 0 Å². The van der Waals surface area contributed by atoms with Gasteiger partial charge in [-0.2, -0.15) is 0 Å². The minimum absolute atomic E-state index is 0.0335. The summed E-state index contributed by atoms with van der Waals surface area (Å²) in [6.07, 6.45) is 4.47. The second-order valence-electron chi connectivity index (χ2n) is 10.3. The highest BCUT2D eigenvalue weighted by Gasteiger charge is 2.24. The number of nitrogens with zero attached hydrogens (tertiary/aromatic N) is 1. The summed E-state index contributed by atoms with van der Waals surface area (Å²) < 4.78 is 5.19. The first kappa shape index (κ1) is 35.1. The standard InChI is InChI=1S/C18H23N5O7.C7H7NO2.C4H8/c24-10-11-7-19-16(27)8-21-18(29)13(6-12-2-1-5-30-12)23-17(28)9-20-14(25)3-4-15(26)22-11;1-6-2-4-7(5-3-6)8(9)10;1-4-2-3-4/h1-2,5,10-11,13H,3-4,6-9H2,(H,19,27)(H,20,25)(H,21,29)(H,22,26)(H,23,28);2-5H,1H3;4H,2-3H2,1H3/t11-,13-;;/m0../s1. The fraction of sp³-hybridized carbons (Fsp3) is 0.448. The maximum Gasteiger partial charge on any atom is 0.269 e. The molecule has 4 rings (SSSR count). The maximum atomic E-state index is 12.5. The van der Waals surface area contributed by atoms with Crippen molar-refractivity contribution in [1.29, 1.82) is 0 Å². The topological polar surface area (TPSA) is 219 Å². The Hall–Kier alpha value is -5.08. The molecule has 0 unspecified atom stereocenters. The molecule has 0 bridgehead atoms. The molecular formula is C29H38N6O9. The number of aryl methyl sites for hydroxylation is 1. The predicted molar refractivity (Wildman–Crippen MR) is 157 cm³/mol. The maximum absolute atomic E-state index is 12.5. The van der Waals surface area contributed by atoms with Crippen LogP contribution in [0, 0.1) is 23.0 Å². The normalized spacial score (nSPS) is 19.9. The Labute approximate surface area is 254 Å². The van der Waals surface area contributed by atoms with Crippen LogP contribution in [-0.4, -0.2) is 72.5 Å².